The maximum Gasteiger partial charge on any atom is 0.127 e. The van der Waals surface area contributed by atoms with Crippen molar-refractivity contribution in [3.8, 4) is 11.5 Å². The number of nitrogens with one attached hydrogen (secondary N) is 1. The molecule has 1 heterocycles. The number of allylic oxidation sites excluding steroid dienone is 1. The summed E-state index contributed by atoms with van der Waals surface area (Å²) in [5.41, 5.74) is 1.24. The summed E-state index contributed by atoms with van der Waals surface area (Å²) in [6.07, 6.45) is 4.06. The molecule has 4 heteroatoms. The molecule has 1 saturated heterocycles. The third-order valence-electron chi connectivity index (χ3n) is 4.04. The zero-order chi connectivity index (χ0) is 15.1. The molecule has 1 atom stereocenters. The Morgan fingerprint density at radius 2 is 2.05 bits per heavy atom. The summed E-state index contributed by atoms with van der Waals surface area (Å²) < 4.78 is 10.9. The maximum absolute atomic E-state index is 5.59. The van der Waals surface area contributed by atoms with E-state index in [1.807, 2.05) is 18.2 Å². The lowest BCUT2D eigenvalue weighted by atomic mass is 9.98. The van der Waals surface area contributed by atoms with E-state index in [1.165, 1.54) is 5.56 Å². The quantitative estimate of drug-likeness (QED) is 0.783. The van der Waals surface area contributed by atoms with E-state index in [0.717, 1.165) is 50.5 Å². The first-order chi connectivity index (χ1) is 10.3. The van der Waals surface area contributed by atoms with E-state index in [1.54, 1.807) is 14.2 Å². The van der Waals surface area contributed by atoms with E-state index in [9.17, 15) is 0 Å². The average Bonchev–Trinajstić information content (AvgIpc) is 2.56. The van der Waals surface area contributed by atoms with Gasteiger partial charge in [0.05, 0.1) is 14.2 Å². The Balaban J connectivity index is 2.27. The van der Waals surface area contributed by atoms with Gasteiger partial charge in [-0.25, -0.2) is 0 Å². The monoisotopic (exact) mass is 290 g/mol. The molecule has 0 aromatic heterocycles. The minimum absolute atomic E-state index is 0.367. The Hall–Kier alpha value is -1.52. The SMILES string of the molecule is C=CCC[C@@H](c1ccc(OC)cc1OC)N1CCNCC1. The predicted octanol–water partition coefficient (Wildman–Crippen LogP) is 2.62. The highest BCUT2D eigenvalue weighted by Gasteiger charge is 2.24. The summed E-state index contributed by atoms with van der Waals surface area (Å²) in [7, 11) is 3.40. The van der Waals surface area contributed by atoms with Crippen LogP contribution >= 0.6 is 0 Å². The predicted molar refractivity (Wildman–Crippen MR) is 86.2 cm³/mol. The fourth-order valence-electron chi connectivity index (χ4n) is 2.90. The van der Waals surface area contributed by atoms with Gasteiger partial charge in [0, 0.05) is 43.9 Å². The smallest absolute Gasteiger partial charge is 0.127 e. The van der Waals surface area contributed by atoms with Gasteiger partial charge in [-0.3, -0.25) is 4.90 Å². The largest absolute Gasteiger partial charge is 0.497 e. The molecular weight excluding hydrogens is 264 g/mol. The van der Waals surface area contributed by atoms with Crippen LogP contribution < -0.4 is 14.8 Å². The molecule has 2 rings (SSSR count). The summed E-state index contributed by atoms with van der Waals surface area (Å²) in [4.78, 5) is 2.53. The number of hydrogen-bond acceptors (Lipinski definition) is 4. The first-order valence-electron chi connectivity index (χ1n) is 7.57. The number of methoxy groups -OCH3 is 2. The number of piperazine rings is 1. The summed E-state index contributed by atoms with van der Waals surface area (Å²) in [5, 5.41) is 3.41. The van der Waals surface area contributed by atoms with E-state index in [-0.39, 0.29) is 0 Å². The summed E-state index contributed by atoms with van der Waals surface area (Å²) in [5.74, 6) is 1.74. The number of benzene rings is 1. The highest BCUT2D eigenvalue weighted by molar-refractivity contribution is 5.42. The summed E-state index contributed by atoms with van der Waals surface area (Å²) in [6, 6.07) is 6.48. The topological polar surface area (TPSA) is 33.7 Å². The van der Waals surface area contributed by atoms with Crippen LogP contribution in [0.5, 0.6) is 11.5 Å². The van der Waals surface area contributed by atoms with Crippen LogP contribution in [0.2, 0.25) is 0 Å². The zero-order valence-corrected chi connectivity index (χ0v) is 13.1. The van der Waals surface area contributed by atoms with Gasteiger partial charge >= 0.3 is 0 Å². The van der Waals surface area contributed by atoms with Gasteiger partial charge in [-0.1, -0.05) is 12.1 Å². The van der Waals surface area contributed by atoms with Crippen molar-refractivity contribution in [1.82, 2.24) is 10.2 Å². The van der Waals surface area contributed by atoms with Crippen LogP contribution in [0.1, 0.15) is 24.4 Å². The van der Waals surface area contributed by atoms with E-state index in [4.69, 9.17) is 9.47 Å². The lowest BCUT2D eigenvalue weighted by Crippen LogP contribution is -2.45. The molecule has 1 fully saturated rings. The molecule has 4 nitrogen and oxygen atoms in total. The van der Waals surface area contributed by atoms with Gasteiger partial charge < -0.3 is 14.8 Å². The Morgan fingerprint density at radius 1 is 1.29 bits per heavy atom. The molecule has 0 spiro atoms. The van der Waals surface area contributed by atoms with Gasteiger partial charge in [-0.05, 0) is 18.9 Å². The number of nitrogens with zero attached hydrogens (tertiary/aromatic N) is 1. The highest BCUT2D eigenvalue weighted by Crippen LogP contribution is 2.35. The fraction of sp³-hybridized carbons (Fsp3) is 0.529. The molecule has 1 aromatic carbocycles. The second-order valence-electron chi connectivity index (χ2n) is 5.28. The molecule has 21 heavy (non-hydrogen) atoms. The zero-order valence-electron chi connectivity index (χ0n) is 13.1. The number of ether oxygens (including phenoxy) is 2. The van der Waals surface area contributed by atoms with Crippen molar-refractivity contribution in [2.24, 2.45) is 0 Å². The minimum atomic E-state index is 0.367. The van der Waals surface area contributed by atoms with Crippen molar-refractivity contribution in [2.75, 3.05) is 40.4 Å². The molecule has 1 aromatic rings. The van der Waals surface area contributed by atoms with E-state index in [2.05, 4.69) is 22.9 Å². The van der Waals surface area contributed by atoms with Gasteiger partial charge in [-0.15, -0.1) is 6.58 Å². The normalized spacial score (nSPS) is 17.2. The molecule has 0 amide bonds. The molecule has 0 saturated carbocycles. The molecular formula is C17H26N2O2. The molecule has 1 N–H and O–H groups in total. The molecule has 0 unspecified atom stereocenters. The molecule has 0 bridgehead atoms. The van der Waals surface area contributed by atoms with Crippen LogP contribution in [0.25, 0.3) is 0 Å². The Morgan fingerprint density at radius 3 is 2.67 bits per heavy atom. The third-order valence-corrected chi connectivity index (χ3v) is 4.04. The van der Waals surface area contributed by atoms with Crippen molar-refractivity contribution in [1.29, 1.82) is 0 Å². The molecule has 0 aliphatic carbocycles. The van der Waals surface area contributed by atoms with Crippen molar-refractivity contribution < 1.29 is 9.47 Å². The van der Waals surface area contributed by atoms with Crippen molar-refractivity contribution in [3.63, 3.8) is 0 Å². The second-order valence-corrected chi connectivity index (χ2v) is 5.28. The minimum Gasteiger partial charge on any atom is -0.497 e. The highest BCUT2D eigenvalue weighted by atomic mass is 16.5. The van der Waals surface area contributed by atoms with Crippen LogP contribution in [0, 0.1) is 0 Å². The Labute approximate surface area is 127 Å². The Kier molecular flexibility index (Phi) is 6.08. The van der Waals surface area contributed by atoms with Crippen LogP contribution in [-0.4, -0.2) is 45.3 Å². The van der Waals surface area contributed by atoms with Gasteiger partial charge in [0.25, 0.3) is 0 Å². The third kappa shape index (κ3) is 3.99. The van der Waals surface area contributed by atoms with Gasteiger partial charge in [0.15, 0.2) is 0 Å². The van der Waals surface area contributed by atoms with Gasteiger partial charge in [0.1, 0.15) is 11.5 Å². The fourth-order valence-corrected chi connectivity index (χ4v) is 2.90. The van der Waals surface area contributed by atoms with E-state index in [0.29, 0.717) is 6.04 Å². The van der Waals surface area contributed by atoms with Crippen LogP contribution in [-0.2, 0) is 0 Å². The average molecular weight is 290 g/mol. The first-order valence-corrected chi connectivity index (χ1v) is 7.57. The van der Waals surface area contributed by atoms with Crippen LogP contribution in [0.3, 0.4) is 0 Å². The lowest BCUT2D eigenvalue weighted by Gasteiger charge is -2.35. The molecule has 116 valence electrons. The first kappa shape index (κ1) is 15.9. The van der Waals surface area contributed by atoms with Gasteiger partial charge in [-0.2, -0.15) is 0 Å². The second kappa shape index (κ2) is 8.05. The number of hydrogen-bond donors (Lipinski definition) is 1. The van der Waals surface area contributed by atoms with E-state index >= 15 is 0 Å². The maximum atomic E-state index is 5.59. The lowest BCUT2D eigenvalue weighted by molar-refractivity contribution is 0.163. The van der Waals surface area contributed by atoms with Crippen molar-refractivity contribution in [2.45, 2.75) is 18.9 Å². The molecule has 0 radical (unpaired) electrons. The molecule has 1 aliphatic heterocycles. The number of rotatable bonds is 7. The standard InChI is InChI=1S/C17H26N2O2/c1-4-5-6-16(19-11-9-18-10-12-19)15-8-7-14(20-2)13-17(15)21-3/h4,7-8,13,16,18H,1,5-6,9-12H2,2-3H3/t16-/m0/s1. The summed E-state index contributed by atoms with van der Waals surface area (Å²) >= 11 is 0. The van der Waals surface area contributed by atoms with Crippen LogP contribution in [0.4, 0.5) is 0 Å². The van der Waals surface area contributed by atoms with Crippen molar-refractivity contribution >= 4 is 0 Å². The van der Waals surface area contributed by atoms with Gasteiger partial charge in [0.2, 0.25) is 0 Å². The Bertz CT molecular complexity index is 456. The summed E-state index contributed by atoms with van der Waals surface area (Å²) in [6.45, 7) is 8.08. The molecule has 1 aliphatic rings. The van der Waals surface area contributed by atoms with Crippen molar-refractivity contribution in [3.05, 3.63) is 36.4 Å². The van der Waals surface area contributed by atoms with Crippen LogP contribution in [0.15, 0.2) is 30.9 Å². The van der Waals surface area contributed by atoms with E-state index < -0.39 is 0 Å².